The zero-order chi connectivity index (χ0) is 22.6. The van der Waals surface area contributed by atoms with Crippen molar-refractivity contribution < 1.29 is 22.8 Å². The quantitative estimate of drug-likeness (QED) is 0.444. The Labute approximate surface area is 187 Å². The van der Waals surface area contributed by atoms with Crippen LogP contribution in [0.1, 0.15) is 29.5 Å². The number of amides is 2. The number of alkyl halides is 3. The molecule has 2 aromatic carbocycles. The van der Waals surface area contributed by atoms with Gasteiger partial charge in [0.25, 0.3) is 5.91 Å². The lowest BCUT2D eigenvalue weighted by Gasteiger charge is -2.15. The van der Waals surface area contributed by atoms with E-state index >= 15 is 0 Å². The monoisotopic (exact) mass is 464 g/mol. The molecule has 0 spiro atoms. The van der Waals surface area contributed by atoms with Crippen LogP contribution in [-0.4, -0.2) is 27.6 Å². The number of halogens is 3. The van der Waals surface area contributed by atoms with Gasteiger partial charge in [-0.3, -0.25) is 14.5 Å². The number of nitrogens with one attached hydrogen (secondary N) is 1. The Bertz CT molecular complexity index is 1030. The van der Waals surface area contributed by atoms with E-state index in [-0.39, 0.29) is 31.0 Å². The summed E-state index contributed by atoms with van der Waals surface area (Å²) >= 11 is 6.47. The van der Waals surface area contributed by atoms with Gasteiger partial charge in [-0.1, -0.05) is 65.9 Å². The van der Waals surface area contributed by atoms with Crippen LogP contribution in [0, 0.1) is 6.92 Å². The molecule has 1 aliphatic rings. The molecule has 1 fully saturated rings. The third kappa shape index (κ3) is 5.95. The van der Waals surface area contributed by atoms with Gasteiger partial charge in [0.1, 0.15) is 4.32 Å². The molecule has 2 amide bonds. The maximum Gasteiger partial charge on any atom is 0.418 e. The van der Waals surface area contributed by atoms with Crippen LogP contribution in [0.4, 0.5) is 18.9 Å². The Morgan fingerprint density at radius 2 is 1.84 bits per heavy atom. The molecule has 0 atom stereocenters. The number of thiocarbonyl (C=S) groups is 1. The number of carbonyl (C=O) groups is 2. The number of carbonyl (C=O) groups excluding carboxylic acids is 2. The molecule has 0 unspecified atom stereocenters. The standard InChI is InChI=1S/C22H19F3N2O2S2/c1-14-8-10-15(11-9-14)13-18-20(29)27(21(30)31-18)12-4-7-19(28)26-17-6-3-2-5-16(17)22(23,24)25/h2-3,5-6,8-11,13H,4,7,12H2,1H3,(H,26,28). The van der Waals surface area contributed by atoms with Crippen molar-refractivity contribution in [3.05, 3.63) is 70.1 Å². The van der Waals surface area contributed by atoms with Crippen molar-refractivity contribution in [2.24, 2.45) is 0 Å². The fourth-order valence-electron chi connectivity index (χ4n) is 2.96. The fraction of sp³-hybridized carbons (Fsp3) is 0.227. The fourth-order valence-corrected chi connectivity index (χ4v) is 4.27. The predicted octanol–water partition coefficient (Wildman–Crippen LogP) is 5.63. The lowest BCUT2D eigenvalue weighted by molar-refractivity contribution is -0.137. The number of anilines is 1. The van der Waals surface area contributed by atoms with Crippen molar-refractivity contribution in [1.82, 2.24) is 4.90 Å². The second-order valence-electron chi connectivity index (χ2n) is 6.94. The van der Waals surface area contributed by atoms with Gasteiger partial charge in [0, 0.05) is 13.0 Å². The molecule has 0 aliphatic carbocycles. The lowest BCUT2D eigenvalue weighted by Crippen LogP contribution is -2.29. The number of benzene rings is 2. The minimum Gasteiger partial charge on any atom is -0.326 e. The molecule has 1 saturated heterocycles. The second kappa shape index (κ2) is 9.65. The highest BCUT2D eigenvalue weighted by molar-refractivity contribution is 8.26. The van der Waals surface area contributed by atoms with Gasteiger partial charge in [-0.25, -0.2) is 0 Å². The molecule has 9 heteroatoms. The molecule has 31 heavy (non-hydrogen) atoms. The molecule has 0 aromatic heterocycles. The molecule has 2 aromatic rings. The van der Waals surface area contributed by atoms with E-state index in [1.54, 1.807) is 6.08 Å². The highest BCUT2D eigenvalue weighted by Gasteiger charge is 2.34. The first-order valence-electron chi connectivity index (χ1n) is 9.43. The van der Waals surface area contributed by atoms with Gasteiger partial charge in [-0.15, -0.1) is 0 Å². The minimum absolute atomic E-state index is 0.0414. The molecular formula is C22H19F3N2O2S2. The minimum atomic E-state index is -4.56. The van der Waals surface area contributed by atoms with Crippen LogP contribution in [0.25, 0.3) is 6.08 Å². The normalized spacial score (nSPS) is 15.6. The number of rotatable bonds is 6. The third-order valence-corrected chi connectivity index (χ3v) is 5.92. The summed E-state index contributed by atoms with van der Waals surface area (Å²) in [7, 11) is 0. The van der Waals surface area contributed by atoms with Crippen molar-refractivity contribution in [2.45, 2.75) is 25.9 Å². The van der Waals surface area contributed by atoms with E-state index in [2.05, 4.69) is 5.32 Å². The maximum absolute atomic E-state index is 13.0. The Morgan fingerprint density at radius 3 is 2.52 bits per heavy atom. The third-order valence-electron chi connectivity index (χ3n) is 4.54. The summed E-state index contributed by atoms with van der Waals surface area (Å²) in [6.07, 6.45) is -2.57. The molecule has 0 saturated carbocycles. The summed E-state index contributed by atoms with van der Waals surface area (Å²) in [5.74, 6) is -0.796. The maximum atomic E-state index is 13.0. The first-order chi connectivity index (χ1) is 14.6. The Morgan fingerprint density at radius 1 is 1.16 bits per heavy atom. The average Bonchev–Trinajstić information content (AvgIpc) is 2.96. The Hall–Kier alpha value is -2.65. The first-order valence-corrected chi connectivity index (χ1v) is 10.7. The van der Waals surface area contributed by atoms with E-state index < -0.39 is 17.6 Å². The Balaban J connectivity index is 1.56. The van der Waals surface area contributed by atoms with Crippen LogP contribution in [0.2, 0.25) is 0 Å². The SMILES string of the molecule is Cc1ccc(C=C2SC(=S)N(CCCC(=O)Nc3ccccc3C(F)(F)F)C2=O)cc1. The van der Waals surface area contributed by atoms with Gasteiger partial charge in [-0.2, -0.15) is 13.2 Å². The number of para-hydroxylation sites is 1. The summed E-state index contributed by atoms with van der Waals surface area (Å²) in [4.78, 5) is 26.7. The van der Waals surface area contributed by atoms with Crippen molar-refractivity contribution in [1.29, 1.82) is 0 Å². The van der Waals surface area contributed by atoms with Crippen LogP contribution >= 0.6 is 24.0 Å². The highest BCUT2D eigenvalue weighted by atomic mass is 32.2. The van der Waals surface area contributed by atoms with Crippen molar-refractivity contribution in [2.75, 3.05) is 11.9 Å². The molecule has 3 rings (SSSR count). The van der Waals surface area contributed by atoms with Gasteiger partial charge in [0.05, 0.1) is 16.2 Å². The highest BCUT2D eigenvalue weighted by Crippen LogP contribution is 2.35. The molecule has 1 N–H and O–H groups in total. The topological polar surface area (TPSA) is 49.4 Å². The molecule has 1 aliphatic heterocycles. The van der Waals surface area contributed by atoms with E-state index in [9.17, 15) is 22.8 Å². The average molecular weight is 465 g/mol. The molecule has 0 radical (unpaired) electrons. The van der Waals surface area contributed by atoms with E-state index in [4.69, 9.17) is 12.2 Å². The second-order valence-corrected chi connectivity index (χ2v) is 8.61. The summed E-state index contributed by atoms with van der Waals surface area (Å²) in [6.45, 7) is 2.19. The lowest BCUT2D eigenvalue weighted by atomic mass is 10.1. The van der Waals surface area contributed by atoms with Gasteiger partial charge in [0.15, 0.2) is 0 Å². The van der Waals surface area contributed by atoms with Crippen LogP contribution in [-0.2, 0) is 15.8 Å². The van der Waals surface area contributed by atoms with Crippen LogP contribution in [0.3, 0.4) is 0 Å². The van der Waals surface area contributed by atoms with Gasteiger partial charge < -0.3 is 5.32 Å². The van der Waals surface area contributed by atoms with Gasteiger partial charge in [-0.05, 0) is 37.1 Å². The summed E-state index contributed by atoms with van der Waals surface area (Å²) < 4.78 is 39.5. The molecule has 0 bridgehead atoms. The largest absolute Gasteiger partial charge is 0.418 e. The first kappa shape index (κ1) is 23.0. The van der Waals surface area contributed by atoms with Crippen molar-refractivity contribution in [3.8, 4) is 0 Å². The molecule has 1 heterocycles. The van der Waals surface area contributed by atoms with Crippen LogP contribution in [0.15, 0.2) is 53.4 Å². The van der Waals surface area contributed by atoms with Gasteiger partial charge >= 0.3 is 6.18 Å². The zero-order valence-electron chi connectivity index (χ0n) is 16.5. The van der Waals surface area contributed by atoms with Crippen LogP contribution < -0.4 is 5.32 Å². The number of thioether (sulfide) groups is 1. The van der Waals surface area contributed by atoms with Crippen LogP contribution in [0.5, 0.6) is 0 Å². The smallest absolute Gasteiger partial charge is 0.326 e. The molecule has 4 nitrogen and oxygen atoms in total. The van der Waals surface area contributed by atoms with E-state index in [0.717, 1.165) is 17.2 Å². The number of hydrogen-bond donors (Lipinski definition) is 1. The number of nitrogens with zero attached hydrogens (tertiary/aromatic N) is 1. The van der Waals surface area contributed by atoms with Crippen molar-refractivity contribution >= 4 is 51.9 Å². The number of aryl methyl sites for hydroxylation is 1. The Kier molecular flexibility index (Phi) is 7.17. The summed E-state index contributed by atoms with van der Waals surface area (Å²) in [5.41, 5.74) is 0.808. The van der Waals surface area contributed by atoms with E-state index in [1.165, 1.54) is 34.9 Å². The molecular weight excluding hydrogens is 445 g/mol. The summed E-state index contributed by atoms with van der Waals surface area (Å²) in [6, 6.07) is 12.5. The zero-order valence-corrected chi connectivity index (χ0v) is 18.2. The van der Waals surface area contributed by atoms with E-state index in [0.29, 0.717) is 9.23 Å². The van der Waals surface area contributed by atoms with E-state index in [1.807, 2.05) is 31.2 Å². The van der Waals surface area contributed by atoms with Gasteiger partial charge in [0.2, 0.25) is 5.91 Å². The molecule has 162 valence electrons. The predicted molar refractivity (Wildman–Crippen MR) is 120 cm³/mol. The van der Waals surface area contributed by atoms with Crippen molar-refractivity contribution in [3.63, 3.8) is 0 Å². The summed E-state index contributed by atoms with van der Waals surface area (Å²) in [5, 5.41) is 2.30. The number of hydrogen-bond acceptors (Lipinski definition) is 4.